The number of fused-ring (bicyclic) bond motifs is 5. The van der Waals surface area contributed by atoms with Crippen LogP contribution in [0.25, 0.3) is 37.6 Å². The number of nitriles is 1. The predicted octanol–water partition coefficient (Wildman–Crippen LogP) is 12.1. The molecular formula is C42H26N4O. The van der Waals surface area contributed by atoms with Crippen LogP contribution in [0.4, 0.5) is 39.8 Å². The third kappa shape index (κ3) is 4.90. The van der Waals surface area contributed by atoms with Gasteiger partial charge in [-0.1, -0.05) is 72.8 Å². The van der Waals surface area contributed by atoms with Gasteiger partial charge >= 0.3 is 0 Å². The van der Waals surface area contributed by atoms with Crippen molar-refractivity contribution in [2.24, 2.45) is 0 Å². The molecule has 0 aliphatic carbocycles. The summed E-state index contributed by atoms with van der Waals surface area (Å²) in [6.45, 7) is 7.39. The van der Waals surface area contributed by atoms with Gasteiger partial charge in [-0.05, 0) is 78.2 Å². The highest BCUT2D eigenvalue weighted by molar-refractivity contribution is 6.22. The first kappa shape index (κ1) is 27.7. The number of nitrogens with zero attached hydrogens (tertiary/aromatic N) is 4. The van der Waals surface area contributed by atoms with Crippen molar-refractivity contribution in [3.05, 3.63) is 175 Å². The highest BCUT2D eigenvalue weighted by atomic mass is 16.3. The van der Waals surface area contributed by atoms with E-state index in [0.717, 1.165) is 66.8 Å². The molecule has 1 heterocycles. The Balaban J connectivity index is 1.34. The van der Waals surface area contributed by atoms with E-state index in [1.54, 1.807) is 0 Å². The van der Waals surface area contributed by atoms with Gasteiger partial charge in [0.05, 0.1) is 23.9 Å². The summed E-state index contributed by atoms with van der Waals surface area (Å²) >= 11 is 0. The smallest absolute Gasteiger partial charge is 0.187 e. The molecule has 0 bridgehead atoms. The lowest BCUT2D eigenvalue weighted by Gasteiger charge is -2.27. The van der Waals surface area contributed by atoms with Crippen LogP contribution in [-0.4, -0.2) is 0 Å². The van der Waals surface area contributed by atoms with Crippen LogP contribution in [0.2, 0.25) is 0 Å². The minimum Gasteiger partial charge on any atom is -0.456 e. The van der Waals surface area contributed by atoms with Crippen molar-refractivity contribution >= 4 is 72.5 Å². The van der Waals surface area contributed by atoms with Crippen molar-refractivity contribution < 1.29 is 4.42 Å². The number of furan rings is 1. The largest absolute Gasteiger partial charge is 0.456 e. The van der Waals surface area contributed by atoms with E-state index in [-0.39, 0.29) is 0 Å². The van der Waals surface area contributed by atoms with E-state index in [1.165, 1.54) is 0 Å². The summed E-state index contributed by atoms with van der Waals surface area (Å²) in [7, 11) is 0. The summed E-state index contributed by atoms with van der Waals surface area (Å²) in [6, 6.07) is 54.9. The number of hydrogen-bond acceptors (Lipinski definition) is 4. The third-order valence-electron chi connectivity index (χ3n) is 8.46. The molecule has 0 amide bonds. The van der Waals surface area contributed by atoms with Crippen LogP contribution in [0.3, 0.4) is 0 Å². The maximum absolute atomic E-state index is 9.44. The molecule has 0 spiro atoms. The topological polar surface area (TPSA) is 47.8 Å². The van der Waals surface area contributed by atoms with Gasteiger partial charge in [0.15, 0.2) is 5.69 Å². The van der Waals surface area contributed by atoms with Gasteiger partial charge in [-0.25, -0.2) is 4.85 Å². The second kappa shape index (κ2) is 11.6. The zero-order chi connectivity index (χ0) is 31.7. The number of benzene rings is 7. The van der Waals surface area contributed by atoms with Gasteiger partial charge < -0.3 is 14.2 Å². The maximum atomic E-state index is 9.44. The molecule has 1 aromatic heterocycles. The molecule has 0 atom stereocenters. The van der Waals surface area contributed by atoms with Crippen molar-refractivity contribution in [3.8, 4) is 6.07 Å². The Kier molecular flexibility index (Phi) is 6.84. The van der Waals surface area contributed by atoms with Crippen LogP contribution in [0.1, 0.15) is 5.56 Å². The average Bonchev–Trinajstić information content (AvgIpc) is 3.51. The van der Waals surface area contributed by atoms with Crippen LogP contribution in [0, 0.1) is 17.9 Å². The molecule has 0 saturated carbocycles. The summed E-state index contributed by atoms with van der Waals surface area (Å²) in [5.41, 5.74) is 8.62. The summed E-state index contributed by atoms with van der Waals surface area (Å²) in [6.07, 6.45) is 0. The van der Waals surface area contributed by atoms with Crippen molar-refractivity contribution in [1.29, 1.82) is 5.26 Å². The number of anilines is 6. The van der Waals surface area contributed by atoms with E-state index in [0.29, 0.717) is 11.3 Å². The molecule has 0 radical (unpaired) electrons. The lowest BCUT2D eigenvalue weighted by atomic mass is 10.0. The van der Waals surface area contributed by atoms with E-state index in [2.05, 4.69) is 93.5 Å². The zero-order valence-corrected chi connectivity index (χ0v) is 25.2. The van der Waals surface area contributed by atoms with Crippen LogP contribution in [0.15, 0.2) is 162 Å². The lowest BCUT2D eigenvalue weighted by Crippen LogP contribution is -2.10. The number of para-hydroxylation sites is 2. The van der Waals surface area contributed by atoms with Gasteiger partial charge in [-0.15, -0.1) is 0 Å². The van der Waals surface area contributed by atoms with Gasteiger partial charge in [0.25, 0.3) is 0 Å². The molecule has 0 N–H and O–H groups in total. The zero-order valence-electron chi connectivity index (χ0n) is 25.2. The third-order valence-corrected chi connectivity index (χ3v) is 8.46. The van der Waals surface area contributed by atoms with Gasteiger partial charge in [0.2, 0.25) is 0 Å². The van der Waals surface area contributed by atoms with Crippen LogP contribution >= 0.6 is 0 Å². The number of rotatable bonds is 6. The van der Waals surface area contributed by atoms with E-state index in [4.69, 9.17) is 11.0 Å². The van der Waals surface area contributed by atoms with Gasteiger partial charge in [-0.3, -0.25) is 0 Å². The van der Waals surface area contributed by atoms with Crippen molar-refractivity contribution in [1.82, 2.24) is 0 Å². The summed E-state index contributed by atoms with van der Waals surface area (Å²) in [5, 5.41) is 13.7. The first-order valence-corrected chi connectivity index (χ1v) is 15.3. The molecule has 0 unspecified atom stereocenters. The Labute approximate surface area is 272 Å². The Morgan fingerprint density at radius 3 is 1.72 bits per heavy atom. The Hall–Kier alpha value is -6.82. The van der Waals surface area contributed by atoms with Gasteiger partial charge in [0, 0.05) is 56.7 Å². The molecular weight excluding hydrogens is 576 g/mol. The fourth-order valence-corrected chi connectivity index (χ4v) is 6.32. The molecule has 47 heavy (non-hydrogen) atoms. The first-order chi connectivity index (χ1) is 23.2. The molecule has 0 aliphatic heterocycles. The second-order valence-corrected chi connectivity index (χ2v) is 11.2. The second-order valence-electron chi connectivity index (χ2n) is 11.2. The Morgan fingerprint density at radius 2 is 1.06 bits per heavy atom. The normalized spacial score (nSPS) is 10.9. The summed E-state index contributed by atoms with van der Waals surface area (Å²) < 4.78 is 6.72. The Morgan fingerprint density at radius 1 is 0.511 bits per heavy atom. The van der Waals surface area contributed by atoms with E-state index < -0.39 is 0 Å². The fourth-order valence-electron chi connectivity index (χ4n) is 6.32. The Bertz CT molecular complexity index is 2470. The highest BCUT2D eigenvalue weighted by Crippen LogP contribution is 2.45. The molecule has 7 aromatic carbocycles. The predicted molar refractivity (Wildman–Crippen MR) is 192 cm³/mol. The SMILES string of the molecule is [C-]#[N+]c1ccc(N(c2ccccc2)c2ccc3c(c2)oc2cc(N(c4ccccc4)c4ccc(C#N)cc4)c4ccccc4c23)cc1. The van der Waals surface area contributed by atoms with Crippen molar-refractivity contribution in [3.63, 3.8) is 0 Å². The van der Waals surface area contributed by atoms with E-state index >= 15 is 0 Å². The molecule has 8 rings (SSSR count). The number of hydrogen-bond donors (Lipinski definition) is 0. The molecule has 0 saturated heterocycles. The van der Waals surface area contributed by atoms with E-state index in [1.807, 2.05) is 84.9 Å². The quantitative estimate of drug-likeness (QED) is 0.178. The maximum Gasteiger partial charge on any atom is 0.187 e. The molecule has 5 nitrogen and oxygen atoms in total. The first-order valence-electron chi connectivity index (χ1n) is 15.3. The van der Waals surface area contributed by atoms with Crippen LogP contribution in [-0.2, 0) is 0 Å². The molecule has 5 heteroatoms. The van der Waals surface area contributed by atoms with Crippen LogP contribution in [0.5, 0.6) is 0 Å². The molecule has 0 aliphatic rings. The van der Waals surface area contributed by atoms with Crippen LogP contribution < -0.4 is 9.80 Å². The monoisotopic (exact) mass is 602 g/mol. The highest BCUT2D eigenvalue weighted by Gasteiger charge is 2.21. The molecule has 220 valence electrons. The van der Waals surface area contributed by atoms with Crippen molar-refractivity contribution in [2.45, 2.75) is 0 Å². The minimum atomic E-state index is 0.600. The van der Waals surface area contributed by atoms with Crippen molar-refractivity contribution in [2.75, 3.05) is 9.80 Å². The standard InChI is InChI=1S/C42H26N4O/c1-44-30-18-22-33(23-19-30)45(31-10-4-2-5-11-31)35-24-25-38-40(26-35)47-41-27-39(36-14-8-9-15-37(36)42(38)41)46(32-12-6-3-7-13-32)34-20-16-29(28-43)17-21-34/h2-27H. The minimum absolute atomic E-state index is 0.600. The van der Waals surface area contributed by atoms with Gasteiger partial charge in [-0.2, -0.15) is 5.26 Å². The molecule has 8 aromatic rings. The fraction of sp³-hybridized carbons (Fsp3) is 0. The summed E-state index contributed by atoms with van der Waals surface area (Å²) in [5.74, 6) is 0. The summed E-state index contributed by atoms with van der Waals surface area (Å²) in [4.78, 5) is 7.96. The van der Waals surface area contributed by atoms with Gasteiger partial charge in [0.1, 0.15) is 11.2 Å². The molecule has 0 fully saturated rings. The lowest BCUT2D eigenvalue weighted by molar-refractivity contribution is 0.669. The van der Waals surface area contributed by atoms with E-state index in [9.17, 15) is 5.26 Å². The average molecular weight is 603 g/mol.